The lowest BCUT2D eigenvalue weighted by atomic mass is 9.91. The predicted molar refractivity (Wildman–Crippen MR) is 115 cm³/mol. The Labute approximate surface area is 206 Å². The fourth-order valence-corrected chi connectivity index (χ4v) is 4.58. The van der Waals surface area contributed by atoms with Crippen molar-refractivity contribution in [2.45, 2.75) is 35.2 Å². The Morgan fingerprint density at radius 2 is 1.31 bits per heavy atom. The van der Waals surface area contributed by atoms with E-state index >= 15 is 0 Å². The van der Waals surface area contributed by atoms with Crippen molar-refractivity contribution < 1.29 is 44.3 Å². The lowest BCUT2D eigenvalue weighted by Crippen LogP contribution is -2.55. The summed E-state index contributed by atoms with van der Waals surface area (Å²) in [4.78, 5) is 0.609. The third-order valence-electron chi connectivity index (χ3n) is 4.95. The molecule has 0 saturated carbocycles. The standard InChI is InChI=1S/C23H14BrF9OS/c24-17-10-15(8-9-20(17)27)35-12-13-4-6-14(7-5-13)21(22(28,29)30,23(31,32)33)34-11-16-18(25)2-1-3-19(16)26/h1-10H,11-12H2. The molecule has 0 unspecified atom stereocenters. The van der Waals surface area contributed by atoms with Crippen LogP contribution in [0.1, 0.15) is 16.7 Å². The van der Waals surface area contributed by atoms with Gasteiger partial charge in [0.05, 0.1) is 11.1 Å². The van der Waals surface area contributed by atoms with Crippen molar-refractivity contribution >= 4 is 27.7 Å². The number of rotatable bonds is 7. The molecule has 0 aromatic heterocycles. The van der Waals surface area contributed by atoms with Crippen LogP contribution >= 0.6 is 27.7 Å². The van der Waals surface area contributed by atoms with Crippen LogP contribution in [0.5, 0.6) is 0 Å². The molecule has 0 fully saturated rings. The van der Waals surface area contributed by atoms with Gasteiger partial charge in [-0.15, -0.1) is 11.8 Å². The molecule has 0 aliphatic carbocycles. The first-order chi connectivity index (χ1) is 16.3. The smallest absolute Gasteiger partial charge is 0.349 e. The van der Waals surface area contributed by atoms with Gasteiger partial charge in [0.25, 0.3) is 5.60 Å². The zero-order chi connectivity index (χ0) is 26.0. The van der Waals surface area contributed by atoms with Gasteiger partial charge < -0.3 is 4.74 Å². The summed E-state index contributed by atoms with van der Waals surface area (Å²) in [6.07, 6.45) is -12.0. The summed E-state index contributed by atoms with van der Waals surface area (Å²) < 4.78 is 129. The molecule has 1 nitrogen and oxygen atoms in total. The van der Waals surface area contributed by atoms with Crippen molar-refractivity contribution in [3.63, 3.8) is 0 Å². The lowest BCUT2D eigenvalue weighted by molar-refractivity contribution is -0.392. The predicted octanol–water partition coefficient (Wildman–Crippen LogP) is 8.70. The van der Waals surface area contributed by atoms with Gasteiger partial charge in [0.2, 0.25) is 0 Å². The number of ether oxygens (including phenoxy) is 1. The van der Waals surface area contributed by atoms with Crippen LogP contribution in [0.15, 0.2) is 70.0 Å². The van der Waals surface area contributed by atoms with E-state index in [0.717, 1.165) is 18.2 Å². The van der Waals surface area contributed by atoms with E-state index in [-0.39, 0.29) is 10.2 Å². The molecule has 0 radical (unpaired) electrons. The Morgan fingerprint density at radius 1 is 0.743 bits per heavy atom. The highest BCUT2D eigenvalue weighted by atomic mass is 79.9. The highest BCUT2D eigenvalue weighted by Crippen LogP contribution is 2.53. The molecule has 0 saturated heterocycles. The fourth-order valence-electron chi connectivity index (χ4n) is 3.15. The van der Waals surface area contributed by atoms with Crippen LogP contribution in [0.25, 0.3) is 0 Å². The van der Waals surface area contributed by atoms with Crippen molar-refractivity contribution in [1.82, 2.24) is 0 Å². The van der Waals surface area contributed by atoms with Crippen LogP contribution < -0.4 is 0 Å². The molecule has 0 aliphatic rings. The molecule has 0 bridgehead atoms. The molecule has 0 amide bonds. The Balaban J connectivity index is 1.92. The Hall–Kier alpha value is -2.18. The summed E-state index contributed by atoms with van der Waals surface area (Å²) in [5.74, 6) is -3.03. The summed E-state index contributed by atoms with van der Waals surface area (Å²) >= 11 is 4.19. The van der Waals surface area contributed by atoms with E-state index in [9.17, 15) is 39.5 Å². The van der Waals surface area contributed by atoms with E-state index in [2.05, 4.69) is 20.7 Å². The SMILES string of the molecule is Fc1ccc(SCc2ccc(C(OCc3c(F)cccc3F)(C(F)(F)F)C(F)(F)F)cc2)cc1Br. The van der Waals surface area contributed by atoms with Crippen molar-refractivity contribution in [3.05, 3.63) is 99.3 Å². The quantitative estimate of drug-likeness (QED) is 0.202. The van der Waals surface area contributed by atoms with Gasteiger partial charge in [-0.05, 0) is 51.8 Å². The van der Waals surface area contributed by atoms with Crippen LogP contribution in [0.2, 0.25) is 0 Å². The van der Waals surface area contributed by atoms with Crippen molar-refractivity contribution in [2.24, 2.45) is 0 Å². The van der Waals surface area contributed by atoms with Crippen molar-refractivity contribution in [1.29, 1.82) is 0 Å². The summed E-state index contributed by atoms with van der Waals surface area (Å²) in [6, 6.07) is 9.76. The molecule has 188 valence electrons. The van der Waals surface area contributed by atoms with E-state index in [1.54, 1.807) is 0 Å². The zero-order valence-electron chi connectivity index (χ0n) is 17.3. The molecule has 0 heterocycles. The maximum absolute atomic E-state index is 13.9. The third-order valence-corrected chi connectivity index (χ3v) is 6.62. The van der Waals surface area contributed by atoms with E-state index in [1.807, 2.05) is 0 Å². The van der Waals surface area contributed by atoms with E-state index in [0.29, 0.717) is 34.7 Å². The molecule has 0 spiro atoms. The number of benzene rings is 3. The van der Waals surface area contributed by atoms with Gasteiger partial charge in [-0.1, -0.05) is 30.3 Å². The van der Waals surface area contributed by atoms with Crippen LogP contribution in [0.3, 0.4) is 0 Å². The second kappa shape index (κ2) is 10.4. The minimum Gasteiger partial charge on any atom is -0.349 e. The van der Waals surface area contributed by atoms with E-state index in [4.69, 9.17) is 0 Å². The van der Waals surface area contributed by atoms with E-state index < -0.39 is 53.1 Å². The summed E-state index contributed by atoms with van der Waals surface area (Å²) in [5.41, 5.74) is -6.82. The van der Waals surface area contributed by atoms with Gasteiger partial charge in [0.1, 0.15) is 17.5 Å². The molecule has 3 rings (SSSR count). The molecule has 0 aliphatic heterocycles. The summed E-state index contributed by atoms with van der Waals surface area (Å²) in [5, 5.41) is 0. The Bertz CT molecular complexity index is 1140. The van der Waals surface area contributed by atoms with Gasteiger partial charge >= 0.3 is 12.4 Å². The molecular weight excluding hydrogens is 575 g/mol. The van der Waals surface area contributed by atoms with Gasteiger partial charge in [-0.25, -0.2) is 13.2 Å². The molecule has 0 atom stereocenters. The highest BCUT2D eigenvalue weighted by Gasteiger charge is 2.73. The number of halogens is 10. The lowest BCUT2D eigenvalue weighted by Gasteiger charge is -2.37. The third kappa shape index (κ3) is 5.80. The second-order valence-corrected chi connectivity index (χ2v) is 9.13. The van der Waals surface area contributed by atoms with Crippen molar-refractivity contribution in [3.8, 4) is 0 Å². The average Bonchev–Trinajstić information content (AvgIpc) is 2.75. The summed E-state index contributed by atoms with van der Waals surface area (Å²) in [7, 11) is 0. The molecule has 3 aromatic rings. The minimum absolute atomic E-state index is 0.157. The first-order valence-electron chi connectivity index (χ1n) is 9.64. The second-order valence-electron chi connectivity index (χ2n) is 7.23. The number of alkyl halides is 6. The first kappa shape index (κ1) is 27.4. The van der Waals surface area contributed by atoms with Gasteiger partial charge in [0.15, 0.2) is 0 Å². The number of thioether (sulfide) groups is 1. The van der Waals surface area contributed by atoms with Crippen LogP contribution in [-0.2, 0) is 22.7 Å². The normalized spacial score (nSPS) is 12.7. The van der Waals surface area contributed by atoms with Gasteiger partial charge in [-0.2, -0.15) is 26.3 Å². The topological polar surface area (TPSA) is 9.23 Å². The zero-order valence-corrected chi connectivity index (χ0v) is 19.7. The Morgan fingerprint density at radius 3 is 1.83 bits per heavy atom. The molecule has 12 heteroatoms. The molecule has 35 heavy (non-hydrogen) atoms. The van der Waals surface area contributed by atoms with Crippen LogP contribution in [0, 0.1) is 17.5 Å². The maximum Gasteiger partial charge on any atom is 0.430 e. The van der Waals surface area contributed by atoms with Crippen LogP contribution in [-0.4, -0.2) is 12.4 Å². The molecule has 0 N–H and O–H groups in total. The monoisotopic (exact) mass is 588 g/mol. The van der Waals surface area contributed by atoms with Gasteiger partial charge in [-0.3, -0.25) is 0 Å². The van der Waals surface area contributed by atoms with E-state index in [1.165, 1.54) is 30.0 Å². The van der Waals surface area contributed by atoms with Gasteiger partial charge in [0, 0.05) is 21.8 Å². The maximum atomic E-state index is 13.9. The van der Waals surface area contributed by atoms with Crippen molar-refractivity contribution in [2.75, 3.05) is 0 Å². The summed E-state index contributed by atoms with van der Waals surface area (Å²) in [6.45, 7) is -1.62. The largest absolute Gasteiger partial charge is 0.430 e. The average molecular weight is 589 g/mol. The fraction of sp³-hybridized carbons (Fsp3) is 0.217. The molecular formula is C23H14BrF9OS. The molecule has 3 aromatic carbocycles. The number of hydrogen-bond donors (Lipinski definition) is 0. The first-order valence-corrected chi connectivity index (χ1v) is 11.4. The Kier molecular flexibility index (Phi) is 8.17. The highest BCUT2D eigenvalue weighted by molar-refractivity contribution is 9.10. The minimum atomic E-state index is -6.01. The van der Waals surface area contributed by atoms with Crippen LogP contribution in [0.4, 0.5) is 39.5 Å². The number of hydrogen-bond acceptors (Lipinski definition) is 2.